The minimum absolute atomic E-state index is 0.0224. The summed E-state index contributed by atoms with van der Waals surface area (Å²) in [7, 11) is 0. The number of ether oxygens (including phenoxy) is 2. The van der Waals surface area contributed by atoms with Gasteiger partial charge in [-0.2, -0.15) is 0 Å². The van der Waals surface area contributed by atoms with Crippen LogP contribution in [0, 0.1) is 11.8 Å². The van der Waals surface area contributed by atoms with Crippen LogP contribution in [0.3, 0.4) is 0 Å². The zero-order chi connectivity index (χ0) is 31.9. The maximum absolute atomic E-state index is 14.1. The molecule has 4 rings (SSSR count). The van der Waals surface area contributed by atoms with E-state index >= 15 is 0 Å². The van der Waals surface area contributed by atoms with Crippen molar-refractivity contribution in [3.8, 4) is 0 Å². The van der Waals surface area contributed by atoms with Gasteiger partial charge >= 0.3 is 5.97 Å². The molecular formula is C37H47N3O5. The molecule has 0 aromatic heterocycles. The fourth-order valence-electron chi connectivity index (χ4n) is 5.65. The summed E-state index contributed by atoms with van der Waals surface area (Å²) < 4.78 is 11.3. The van der Waals surface area contributed by atoms with Crippen LogP contribution in [0.4, 0.5) is 0 Å². The number of amides is 2. The first-order chi connectivity index (χ1) is 21.9. The molecule has 1 fully saturated rings. The Morgan fingerprint density at radius 3 is 2.00 bits per heavy atom. The summed E-state index contributed by atoms with van der Waals surface area (Å²) in [4.78, 5) is 43.1. The highest BCUT2D eigenvalue weighted by Gasteiger charge is 2.36. The van der Waals surface area contributed by atoms with Gasteiger partial charge in [-0.1, -0.05) is 111 Å². The fourth-order valence-corrected chi connectivity index (χ4v) is 5.65. The molecule has 240 valence electrons. The molecule has 0 bridgehead atoms. The monoisotopic (exact) mass is 613 g/mol. The molecule has 2 unspecified atom stereocenters. The molecule has 1 saturated heterocycles. The first-order valence-corrected chi connectivity index (χ1v) is 16.1. The van der Waals surface area contributed by atoms with E-state index in [1.807, 2.05) is 103 Å². The van der Waals surface area contributed by atoms with Gasteiger partial charge < -0.3 is 20.1 Å². The Balaban J connectivity index is 1.53. The molecule has 0 saturated carbocycles. The molecule has 8 nitrogen and oxygen atoms in total. The van der Waals surface area contributed by atoms with Crippen LogP contribution in [0.1, 0.15) is 43.4 Å². The number of benzene rings is 3. The van der Waals surface area contributed by atoms with Crippen LogP contribution in [-0.2, 0) is 43.3 Å². The van der Waals surface area contributed by atoms with Crippen molar-refractivity contribution in [1.29, 1.82) is 0 Å². The average Bonchev–Trinajstić information content (AvgIpc) is 3.08. The molecule has 4 atom stereocenters. The third-order valence-corrected chi connectivity index (χ3v) is 8.51. The van der Waals surface area contributed by atoms with Crippen LogP contribution in [0.25, 0.3) is 0 Å². The first kappa shape index (κ1) is 33.9. The van der Waals surface area contributed by atoms with E-state index in [2.05, 4.69) is 17.6 Å². The summed E-state index contributed by atoms with van der Waals surface area (Å²) in [5.74, 6) is -1.49. The smallest absolute Gasteiger partial charge is 0.311 e. The molecule has 2 N–H and O–H groups in total. The second-order valence-corrected chi connectivity index (χ2v) is 11.8. The van der Waals surface area contributed by atoms with Crippen LogP contribution < -0.4 is 10.6 Å². The molecule has 1 aliphatic rings. The lowest BCUT2D eigenvalue weighted by Crippen LogP contribution is -2.56. The van der Waals surface area contributed by atoms with Crippen molar-refractivity contribution in [2.24, 2.45) is 11.8 Å². The van der Waals surface area contributed by atoms with Crippen LogP contribution in [0.2, 0.25) is 0 Å². The molecule has 0 radical (unpaired) electrons. The van der Waals surface area contributed by atoms with Crippen LogP contribution in [0.5, 0.6) is 0 Å². The molecular weight excluding hydrogens is 566 g/mol. The highest BCUT2D eigenvalue weighted by molar-refractivity contribution is 5.89. The largest absolute Gasteiger partial charge is 0.461 e. The molecule has 0 aliphatic carbocycles. The first-order valence-electron chi connectivity index (χ1n) is 16.1. The molecule has 45 heavy (non-hydrogen) atoms. The summed E-state index contributed by atoms with van der Waals surface area (Å²) in [5.41, 5.74) is 2.97. The van der Waals surface area contributed by atoms with Crippen LogP contribution in [0.15, 0.2) is 91.0 Å². The second-order valence-electron chi connectivity index (χ2n) is 11.8. The van der Waals surface area contributed by atoms with Gasteiger partial charge in [-0.15, -0.1) is 0 Å². The lowest BCUT2D eigenvalue weighted by atomic mass is 9.83. The normalized spacial score (nSPS) is 16.1. The Morgan fingerprint density at radius 2 is 1.40 bits per heavy atom. The predicted octanol–water partition coefficient (Wildman–Crippen LogP) is 4.57. The van der Waals surface area contributed by atoms with E-state index < -0.39 is 18.0 Å². The number of hydrogen-bond donors (Lipinski definition) is 2. The van der Waals surface area contributed by atoms with Crippen molar-refractivity contribution in [2.75, 3.05) is 32.8 Å². The maximum Gasteiger partial charge on any atom is 0.311 e. The molecule has 3 aromatic carbocycles. The Kier molecular flexibility index (Phi) is 13.6. The van der Waals surface area contributed by atoms with Gasteiger partial charge in [0.25, 0.3) is 0 Å². The van der Waals surface area contributed by atoms with Gasteiger partial charge in [0.2, 0.25) is 11.8 Å². The SMILES string of the molecule is CCC(C)C(NC(=O)[C@H](CCc1ccccc1)NC(=O)CN1CCOCC1)[C@@H](Cc1ccccc1)C(=O)OCc1ccccc1. The third-order valence-electron chi connectivity index (χ3n) is 8.51. The van der Waals surface area contributed by atoms with E-state index in [1.54, 1.807) is 0 Å². The Hall–Kier alpha value is -4.01. The summed E-state index contributed by atoms with van der Waals surface area (Å²) >= 11 is 0. The summed E-state index contributed by atoms with van der Waals surface area (Å²) in [6.07, 6.45) is 2.22. The lowest BCUT2D eigenvalue weighted by Gasteiger charge is -2.33. The summed E-state index contributed by atoms with van der Waals surface area (Å²) in [6, 6.07) is 28.1. The minimum Gasteiger partial charge on any atom is -0.461 e. The fraction of sp³-hybridized carbons (Fsp3) is 0.432. The highest BCUT2D eigenvalue weighted by atomic mass is 16.5. The number of carbonyl (C=O) groups excluding carboxylic acids is 3. The zero-order valence-electron chi connectivity index (χ0n) is 26.5. The van der Waals surface area contributed by atoms with Crippen molar-refractivity contribution in [3.63, 3.8) is 0 Å². The number of hydrogen-bond acceptors (Lipinski definition) is 6. The molecule has 2 amide bonds. The molecule has 1 heterocycles. The van der Waals surface area contributed by atoms with Gasteiger partial charge in [-0.05, 0) is 41.9 Å². The number of morpholine rings is 1. The molecule has 3 aromatic rings. The second kappa shape index (κ2) is 18.1. The third kappa shape index (κ3) is 11.1. The van der Waals surface area contributed by atoms with Gasteiger partial charge in [-0.25, -0.2) is 0 Å². The molecule has 1 aliphatic heterocycles. The van der Waals surface area contributed by atoms with Crippen molar-refractivity contribution in [3.05, 3.63) is 108 Å². The van der Waals surface area contributed by atoms with Gasteiger partial charge in [0.1, 0.15) is 12.6 Å². The highest BCUT2D eigenvalue weighted by Crippen LogP contribution is 2.23. The van der Waals surface area contributed by atoms with Crippen LogP contribution >= 0.6 is 0 Å². The number of carbonyl (C=O) groups is 3. The molecule has 8 heteroatoms. The number of esters is 1. The lowest BCUT2D eigenvalue weighted by molar-refractivity contribution is -0.152. The predicted molar refractivity (Wildman–Crippen MR) is 175 cm³/mol. The Labute approximate surface area is 267 Å². The van der Waals surface area contributed by atoms with E-state index in [9.17, 15) is 14.4 Å². The number of aryl methyl sites for hydroxylation is 1. The van der Waals surface area contributed by atoms with Gasteiger partial charge in [-0.3, -0.25) is 19.3 Å². The van der Waals surface area contributed by atoms with E-state index in [1.165, 1.54) is 0 Å². The summed E-state index contributed by atoms with van der Waals surface area (Å²) in [5, 5.41) is 6.24. The van der Waals surface area contributed by atoms with Crippen molar-refractivity contribution in [1.82, 2.24) is 15.5 Å². The zero-order valence-corrected chi connectivity index (χ0v) is 26.5. The van der Waals surface area contributed by atoms with E-state index in [-0.39, 0.29) is 36.9 Å². The van der Waals surface area contributed by atoms with Gasteiger partial charge in [0.15, 0.2) is 0 Å². The van der Waals surface area contributed by atoms with Crippen molar-refractivity contribution in [2.45, 2.75) is 58.2 Å². The van der Waals surface area contributed by atoms with Gasteiger partial charge in [0, 0.05) is 19.1 Å². The standard InChI is InChI=1S/C37H47N3O5/c1-3-28(2)35(32(25-30-15-9-5-10-16-30)37(43)45-27-31-17-11-6-12-18-31)39-36(42)33(20-19-29-13-7-4-8-14-29)38-34(41)26-40-21-23-44-24-22-40/h4-18,28,32-33,35H,3,19-27H2,1-2H3,(H,38,41)(H,39,42)/t28?,32-,33+,35?/m1/s1. The minimum atomic E-state index is -0.761. The van der Waals surface area contributed by atoms with Gasteiger partial charge in [0.05, 0.1) is 25.7 Å². The topological polar surface area (TPSA) is 97.0 Å². The number of nitrogens with one attached hydrogen (secondary N) is 2. The number of nitrogens with zero attached hydrogens (tertiary/aromatic N) is 1. The van der Waals surface area contributed by atoms with Crippen molar-refractivity contribution >= 4 is 17.8 Å². The maximum atomic E-state index is 14.1. The van der Waals surface area contributed by atoms with E-state index in [0.717, 1.165) is 23.1 Å². The quantitative estimate of drug-likeness (QED) is 0.230. The molecule has 0 spiro atoms. The van der Waals surface area contributed by atoms with Crippen LogP contribution in [-0.4, -0.2) is 67.6 Å². The van der Waals surface area contributed by atoms with E-state index in [0.29, 0.717) is 45.6 Å². The number of rotatable bonds is 16. The Bertz CT molecular complexity index is 1320. The van der Waals surface area contributed by atoms with E-state index in [4.69, 9.17) is 9.47 Å². The average molecular weight is 614 g/mol. The van der Waals surface area contributed by atoms with Crippen molar-refractivity contribution < 1.29 is 23.9 Å². The summed E-state index contributed by atoms with van der Waals surface area (Å²) in [6.45, 7) is 6.99. The Morgan fingerprint density at radius 1 is 0.822 bits per heavy atom.